The third-order valence-electron chi connectivity index (χ3n) is 4.35. The number of benzene rings is 2. The molecule has 25 heavy (non-hydrogen) atoms. The lowest BCUT2D eigenvalue weighted by molar-refractivity contribution is 0.102. The highest BCUT2D eigenvalue weighted by atomic mass is 16.5. The zero-order valence-corrected chi connectivity index (χ0v) is 13.8. The van der Waals surface area contributed by atoms with Crippen LogP contribution in [0, 0.1) is 5.92 Å². The summed E-state index contributed by atoms with van der Waals surface area (Å²) in [5.41, 5.74) is 2.23. The van der Waals surface area contributed by atoms with Crippen molar-refractivity contribution in [1.29, 1.82) is 0 Å². The topological polar surface area (TPSA) is 73.5 Å². The molecule has 1 aromatic heterocycles. The van der Waals surface area contributed by atoms with Gasteiger partial charge in [0.2, 0.25) is 0 Å². The number of aromatic nitrogens is 1. The van der Waals surface area contributed by atoms with Gasteiger partial charge in [-0.1, -0.05) is 0 Å². The minimum atomic E-state index is -0.430. The van der Waals surface area contributed by atoms with Crippen LogP contribution < -0.4 is 15.8 Å². The van der Waals surface area contributed by atoms with Gasteiger partial charge in [-0.25, -0.2) is 4.79 Å². The standard InChI is InChI=1S/C19H18N2O4/c1-21-16-9-6-14(10-17(16)25-19(21)23)20-18(22)13-4-7-15(8-5-13)24-11-12-2-3-12/h4-10,12H,2-3,11H2,1H3,(H,20,22). The normalized spacial score (nSPS) is 13.8. The Morgan fingerprint density at radius 1 is 1.24 bits per heavy atom. The molecular formula is C19H18N2O4. The summed E-state index contributed by atoms with van der Waals surface area (Å²) >= 11 is 0. The number of carbonyl (C=O) groups is 1. The lowest BCUT2D eigenvalue weighted by Gasteiger charge is -2.07. The minimum absolute atomic E-state index is 0.230. The number of carbonyl (C=O) groups excluding carboxylic acids is 1. The van der Waals surface area contributed by atoms with Crippen LogP contribution in [0.5, 0.6) is 5.75 Å². The average Bonchev–Trinajstić information content (AvgIpc) is 3.40. The number of anilines is 1. The molecule has 0 unspecified atom stereocenters. The van der Waals surface area contributed by atoms with Gasteiger partial charge in [0.15, 0.2) is 5.58 Å². The molecule has 6 heteroatoms. The van der Waals surface area contributed by atoms with Crippen molar-refractivity contribution in [1.82, 2.24) is 4.57 Å². The maximum absolute atomic E-state index is 12.4. The largest absolute Gasteiger partial charge is 0.493 e. The monoisotopic (exact) mass is 338 g/mol. The van der Waals surface area contributed by atoms with Gasteiger partial charge in [-0.05, 0) is 55.2 Å². The summed E-state index contributed by atoms with van der Waals surface area (Å²) in [5.74, 6) is 0.804. The van der Waals surface area contributed by atoms with Gasteiger partial charge in [0.1, 0.15) is 5.75 Å². The zero-order chi connectivity index (χ0) is 17.4. The molecule has 4 rings (SSSR count). The van der Waals surface area contributed by atoms with Crippen LogP contribution in [0.25, 0.3) is 11.1 Å². The SMILES string of the molecule is Cn1c(=O)oc2cc(NC(=O)c3ccc(OCC4CC4)cc3)ccc21. The summed E-state index contributed by atoms with van der Waals surface area (Å²) in [5, 5.41) is 2.81. The first-order valence-corrected chi connectivity index (χ1v) is 8.24. The second-order valence-electron chi connectivity index (χ2n) is 6.34. The summed E-state index contributed by atoms with van der Waals surface area (Å²) in [6.45, 7) is 0.744. The van der Waals surface area contributed by atoms with Gasteiger partial charge < -0.3 is 14.5 Å². The van der Waals surface area contributed by atoms with Crippen LogP contribution in [0.2, 0.25) is 0 Å². The summed E-state index contributed by atoms with van der Waals surface area (Å²) < 4.78 is 12.2. The number of hydrogen-bond acceptors (Lipinski definition) is 4. The van der Waals surface area contributed by atoms with E-state index in [4.69, 9.17) is 9.15 Å². The summed E-state index contributed by atoms with van der Waals surface area (Å²) in [6.07, 6.45) is 2.48. The van der Waals surface area contributed by atoms with Crippen LogP contribution in [0.4, 0.5) is 5.69 Å². The molecule has 128 valence electrons. The lowest BCUT2D eigenvalue weighted by Crippen LogP contribution is -2.11. The van der Waals surface area contributed by atoms with Crippen LogP contribution in [0.3, 0.4) is 0 Å². The van der Waals surface area contributed by atoms with Crippen LogP contribution in [-0.4, -0.2) is 17.1 Å². The zero-order valence-electron chi connectivity index (χ0n) is 13.8. The molecule has 1 heterocycles. The summed E-state index contributed by atoms with van der Waals surface area (Å²) in [4.78, 5) is 23.9. The average molecular weight is 338 g/mol. The van der Waals surface area contributed by atoms with Gasteiger partial charge in [0.25, 0.3) is 5.91 Å². The van der Waals surface area contributed by atoms with E-state index in [1.165, 1.54) is 17.4 Å². The van der Waals surface area contributed by atoms with Crippen LogP contribution in [-0.2, 0) is 7.05 Å². The number of oxazole rings is 1. The molecule has 0 saturated heterocycles. The second kappa shape index (κ2) is 6.12. The molecule has 1 fully saturated rings. The third-order valence-corrected chi connectivity index (χ3v) is 4.35. The highest BCUT2D eigenvalue weighted by molar-refractivity contribution is 6.04. The molecule has 0 aliphatic heterocycles. The van der Waals surface area contributed by atoms with Gasteiger partial charge >= 0.3 is 5.76 Å². The van der Waals surface area contributed by atoms with Crippen LogP contribution in [0.15, 0.2) is 51.7 Å². The van der Waals surface area contributed by atoms with Gasteiger partial charge in [-0.2, -0.15) is 0 Å². The predicted octanol–water partition coefficient (Wildman–Crippen LogP) is 3.17. The smallest absolute Gasteiger partial charge is 0.419 e. The maximum atomic E-state index is 12.4. The molecule has 1 amide bonds. The minimum Gasteiger partial charge on any atom is -0.493 e. The first kappa shape index (κ1) is 15.5. The fourth-order valence-electron chi connectivity index (χ4n) is 2.62. The van der Waals surface area contributed by atoms with Crippen molar-refractivity contribution >= 4 is 22.7 Å². The molecule has 1 aliphatic rings. The van der Waals surface area contributed by atoms with Crippen molar-refractivity contribution in [2.24, 2.45) is 13.0 Å². The Morgan fingerprint density at radius 2 is 2.00 bits per heavy atom. The number of nitrogens with one attached hydrogen (secondary N) is 1. The van der Waals surface area contributed by atoms with E-state index >= 15 is 0 Å². The molecule has 0 atom stereocenters. The van der Waals surface area contributed by atoms with Gasteiger partial charge in [0, 0.05) is 24.4 Å². The molecule has 2 aromatic carbocycles. The highest BCUT2D eigenvalue weighted by Crippen LogP contribution is 2.29. The van der Waals surface area contributed by atoms with Crippen molar-refractivity contribution < 1.29 is 13.9 Å². The molecule has 1 saturated carbocycles. The second-order valence-corrected chi connectivity index (χ2v) is 6.34. The van der Waals surface area contributed by atoms with Crippen molar-refractivity contribution in [2.45, 2.75) is 12.8 Å². The number of hydrogen-bond donors (Lipinski definition) is 1. The molecule has 1 aliphatic carbocycles. The van der Waals surface area contributed by atoms with Crippen molar-refractivity contribution in [3.05, 3.63) is 58.6 Å². The molecule has 3 aromatic rings. The number of ether oxygens (including phenoxy) is 1. The van der Waals surface area contributed by atoms with Crippen LogP contribution in [0.1, 0.15) is 23.2 Å². The fraction of sp³-hybridized carbons (Fsp3) is 0.263. The van der Waals surface area contributed by atoms with E-state index in [0.29, 0.717) is 28.3 Å². The van der Waals surface area contributed by atoms with Crippen molar-refractivity contribution in [3.63, 3.8) is 0 Å². The van der Waals surface area contributed by atoms with E-state index in [1.54, 1.807) is 49.5 Å². The molecule has 1 N–H and O–H groups in total. The number of aryl methyl sites for hydroxylation is 1. The van der Waals surface area contributed by atoms with E-state index in [9.17, 15) is 9.59 Å². The van der Waals surface area contributed by atoms with E-state index in [1.807, 2.05) is 0 Å². The summed E-state index contributed by atoms with van der Waals surface area (Å²) in [6, 6.07) is 12.2. The lowest BCUT2D eigenvalue weighted by atomic mass is 10.2. The Labute approximate surface area is 144 Å². The first-order valence-electron chi connectivity index (χ1n) is 8.24. The number of nitrogens with zero attached hydrogens (tertiary/aromatic N) is 1. The molecule has 0 radical (unpaired) electrons. The van der Waals surface area contributed by atoms with Gasteiger partial charge in [-0.15, -0.1) is 0 Å². The number of fused-ring (bicyclic) bond motifs is 1. The molecular weight excluding hydrogens is 320 g/mol. The molecule has 0 spiro atoms. The Hall–Kier alpha value is -3.02. The Kier molecular flexibility index (Phi) is 3.80. The van der Waals surface area contributed by atoms with Crippen molar-refractivity contribution in [3.8, 4) is 5.75 Å². The fourth-order valence-corrected chi connectivity index (χ4v) is 2.62. The van der Waals surface area contributed by atoms with Gasteiger partial charge in [0.05, 0.1) is 12.1 Å². The van der Waals surface area contributed by atoms with E-state index in [0.717, 1.165) is 12.4 Å². The number of amides is 1. The van der Waals surface area contributed by atoms with Crippen LogP contribution >= 0.6 is 0 Å². The van der Waals surface area contributed by atoms with E-state index in [-0.39, 0.29) is 5.91 Å². The number of rotatable bonds is 5. The van der Waals surface area contributed by atoms with Gasteiger partial charge in [-0.3, -0.25) is 9.36 Å². The summed E-state index contributed by atoms with van der Waals surface area (Å²) in [7, 11) is 1.64. The van der Waals surface area contributed by atoms with Crippen molar-refractivity contribution in [2.75, 3.05) is 11.9 Å². The third kappa shape index (κ3) is 3.28. The van der Waals surface area contributed by atoms with E-state index in [2.05, 4.69) is 5.32 Å². The Bertz CT molecular complexity index is 981. The quantitative estimate of drug-likeness (QED) is 0.775. The van der Waals surface area contributed by atoms with E-state index < -0.39 is 5.76 Å². The Balaban J connectivity index is 1.46. The first-order chi connectivity index (χ1) is 12.1. The molecule has 0 bridgehead atoms. The highest BCUT2D eigenvalue weighted by Gasteiger charge is 2.21. The predicted molar refractivity (Wildman–Crippen MR) is 94.1 cm³/mol. The molecule has 6 nitrogen and oxygen atoms in total. The maximum Gasteiger partial charge on any atom is 0.419 e. The Morgan fingerprint density at radius 3 is 2.72 bits per heavy atom.